The van der Waals surface area contributed by atoms with Crippen LogP contribution in [0, 0.1) is 5.82 Å². The van der Waals surface area contributed by atoms with Gasteiger partial charge in [0.25, 0.3) is 5.91 Å². The van der Waals surface area contributed by atoms with Crippen LogP contribution in [0.2, 0.25) is 5.02 Å². The van der Waals surface area contributed by atoms with Gasteiger partial charge in [-0.2, -0.15) is 0 Å². The number of amides is 1. The summed E-state index contributed by atoms with van der Waals surface area (Å²) in [6, 6.07) is 12.9. The molecule has 2 aromatic rings. The highest BCUT2D eigenvalue weighted by Crippen LogP contribution is 2.36. The van der Waals surface area contributed by atoms with Crippen molar-refractivity contribution in [2.45, 2.75) is 0 Å². The van der Waals surface area contributed by atoms with E-state index in [1.165, 1.54) is 40.9 Å². The van der Waals surface area contributed by atoms with Gasteiger partial charge in [-0.25, -0.2) is 4.39 Å². The molecule has 0 aromatic heterocycles. The van der Waals surface area contributed by atoms with Crippen LogP contribution in [-0.4, -0.2) is 10.2 Å². The lowest BCUT2D eigenvalue weighted by Gasteiger charge is -2.14. The first-order valence-electron chi connectivity index (χ1n) is 6.34. The summed E-state index contributed by atoms with van der Waals surface area (Å²) in [7, 11) is 0. The van der Waals surface area contributed by atoms with Crippen molar-refractivity contribution in [3.63, 3.8) is 0 Å². The van der Waals surface area contributed by atoms with Gasteiger partial charge in [0.1, 0.15) is 5.82 Å². The summed E-state index contributed by atoms with van der Waals surface area (Å²) in [6.45, 7) is 0. The minimum absolute atomic E-state index is 0.235. The molecule has 0 saturated carbocycles. The molecular formula is C16H9ClFNOS2. The lowest BCUT2D eigenvalue weighted by molar-refractivity contribution is -0.113. The van der Waals surface area contributed by atoms with E-state index < -0.39 is 0 Å². The zero-order chi connectivity index (χ0) is 15.7. The Morgan fingerprint density at radius 2 is 1.82 bits per heavy atom. The third kappa shape index (κ3) is 2.92. The van der Waals surface area contributed by atoms with Crippen molar-refractivity contribution in [2.75, 3.05) is 4.90 Å². The van der Waals surface area contributed by atoms with Crippen LogP contribution in [0.15, 0.2) is 53.4 Å². The Morgan fingerprint density at radius 1 is 1.14 bits per heavy atom. The number of rotatable bonds is 2. The Bertz CT molecular complexity index is 789. The summed E-state index contributed by atoms with van der Waals surface area (Å²) in [5.74, 6) is -0.595. The van der Waals surface area contributed by atoms with Gasteiger partial charge >= 0.3 is 0 Å². The van der Waals surface area contributed by atoms with Gasteiger partial charge in [-0.15, -0.1) is 0 Å². The van der Waals surface area contributed by atoms with Crippen molar-refractivity contribution in [2.24, 2.45) is 0 Å². The van der Waals surface area contributed by atoms with Gasteiger partial charge in [-0.05, 0) is 42.0 Å². The molecule has 1 saturated heterocycles. The topological polar surface area (TPSA) is 20.3 Å². The third-order valence-corrected chi connectivity index (χ3v) is 4.72. The van der Waals surface area contributed by atoms with Crippen molar-refractivity contribution in [1.82, 2.24) is 0 Å². The van der Waals surface area contributed by atoms with Crippen LogP contribution in [-0.2, 0) is 4.79 Å². The van der Waals surface area contributed by atoms with Gasteiger partial charge in [-0.1, -0.05) is 53.8 Å². The molecule has 3 rings (SSSR count). The smallest absolute Gasteiger partial charge is 0.268 e. The maximum atomic E-state index is 13.0. The maximum Gasteiger partial charge on any atom is 0.270 e. The average Bonchev–Trinajstić information content (AvgIpc) is 2.77. The Labute approximate surface area is 141 Å². The molecule has 1 fully saturated rings. The first-order chi connectivity index (χ1) is 10.6. The number of anilines is 1. The van der Waals surface area contributed by atoms with Crippen LogP contribution in [0.4, 0.5) is 10.1 Å². The summed E-state index contributed by atoms with van der Waals surface area (Å²) in [5, 5.41) is 0.564. The highest BCUT2D eigenvalue weighted by molar-refractivity contribution is 8.27. The molecule has 0 atom stereocenters. The van der Waals surface area contributed by atoms with E-state index in [-0.39, 0.29) is 11.7 Å². The normalized spacial score (nSPS) is 16.6. The molecule has 110 valence electrons. The zero-order valence-electron chi connectivity index (χ0n) is 11.1. The van der Waals surface area contributed by atoms with Crippen LogP contribution < -0.4 is 4.90 Å². The number of nitrogens with zero attached hydrogens (tertiary/aromatic N) is 1. The Kier molecular flexibility index (Phi) is 4.29. The number of halogens is 2. The highest BCUT2D eigenvalue weighted by atomic mass is 35.5. The summed E-state index contributed by atoms with van der Waals surface area (Å²) in [4.78, 5) is 14.4. The second-order valence-electron chi connectivity index (χ2n) is 4.52. The third-order valence-electron chi connectivity index (χ3n) is 3.07. The number of benzene rings is 2. The first-order valence-corrected chi connectivity index (χ1v) is 7.94. The van der Waals surface area contributed by atoms with E-state index in [1.54, 1.807) is 12.1 Å². The largest absolute Gasteiger partial charge is 0.270 e. The number of thiocarbonyl (C=S) groups is 1. The average molecular weight is 350 g/mol. The summed E-state index contributed by atoms with van der Waals surface area (Å²) >= 11 is 12.6. The van der Waals surface area contributed by atoms with Gasteiger partial charge in [-0.3, -0.25) is 9.69 Å². The van der Waals surface area contributed by atoms with Crippen molar-refractivity contribution >= 4 is 57.6 Å². The molecule has 1 heterocycles. The Morgan fingerprint density at radius 3 is 2.50 bits per heavy atom. The molecule has 1 amide bonds. The van der Waals surface area contributed by atoms with E-state index in [0.717, 1.165) is 5.56 Å². The van der Waals surface area contributed by atoms with Crippen LogP contribution in [0.5, 0.6) is 0 Å². The fourth-order valence-corrected chi connectivity index (χ4v) is 3.49. The van der Waals surface area contributed by atoms with Crippen molar-refractivity contribution < 1.29 is 9.18 Å². The highest BCUT2D eigenvalue weighted by Gasteiger charge is 2.33. The molecule has 0 N–H and O–H groups in total. The molecule has 0 unspecified atom stereocenters. The van der Waals surface area contributed by atoms with Gasteiger partial charge in [0, 0.05) is 5.02 Å². The van der Waals surface area contributed by atoms with Crippen LogP contribution in [0.1, 0.15) is 5.56 Å². The van der Waals surface area contributed by atoms with Crippen molar-refractivity contribution in [3.05, 3.63) is 69.8 Å². The SMILES string of the molecule is O=C1/C(=C/c2ccccc2Cl)SC(=S)N1c1ccc(F)cc1. The number of hydrogen-bond acceptors (Lipinski definition) is 3. The summed E-state index contributed by atoms with van der Waals surface area (Å²) in [5.41, 5.74) is 1.30. The van der Waals surface area contributed by atoms with E-state index in [4.69, 9.17) is 23.8 Å². The minimum Gasteiger partial charge on any atom is -0.268 e. The zero-order valence-corrected chi connectivity index (χ0v) is 13.5. The number of hydrogen-bond donors (Lipinski definition) is 0. The Hall–Kier alpha value is -1.69. The molecule has 0 bridgehead atoms. The first kappa shape index (κ1) is 15.2. The molecule has 0 spiro atoms. The van der Waals surface area contributed by atoms with E-state index in [1.807, 2.05) is 18.2 Å². The van der Waals surface area contributed by atoms with E-state index in [2.05, 4.69) is 0 Å². The van der Waals surface area contributed by atoms with Crippen LogP contribution in [0.3, 0.4) is 0 Å². The fraction of sp³-hybridized carbons (Fsp3) is 0. The molecule has 1 aliphatic rings. The van der Waals surface area contributed by atoms with Crippen LogP contribution in [0.25, 0.3) is 6.08 Å². The predicted octanol–water partition coefficient (Wildman–Crippen LogP) is 4.88. The van der Waals surface area contributed by atoms with Crippen molar-refractivity contribution in [3.8, 4) is 0 Å². The summed E-state index contributed by atoms with van der Waals surface area (Å²) < 4.78 is 13.4. The number of thioether (sulfide) groups is 1. The quantitative estimate of drug-likeness (QED) is 0.569. The molecule has 22 heavy (non-hydrogen) atoms. The molecule has 6 heteroatoms. The lowest BCUT2D eigenvalue weighted by atomic mass is 10.2. The molecule has 0 aliphatic carbocycles. The maximum absolute atomic E-state index is 13.0. The fourth-order valence-electron chi connectivity index (χ4n) is 2.01. The number of carbonyl (C=O) groups excluding carboxylic acids is 1. The van der Waals surface area contributed by atoms with Gasteiger partial charge in [0.15, 0.2) is 4.32 Å². The second-order valence-corrected chi connectivity index (χ2v) is 6.60. The predicted molar refractivity (Wildman–Crippen MR) is 93.5 cm³/mol. The van der Waals surface area contributed by atoms with Crippen molar-refractivity contribution in [1.29, 1.82) is 0 Å². The molecule has 1 aliphatic heterocycles. The van der Waals surface area contributed by atoms with E-state index in [9.17, 15) is 9.18 Å². The van der Waals surface area contributed by atoms with E-state index >= 15 is 0 Å². The standard InChI is InChI=1S/C16H9ClFNOS2/c17-13-4-2-1-3-10(13)9-14-15(20)19(16(21)22-14)12-7-5-11(18)6-8-12/h1-9H/b14-9-. The molecule has 0 radical (unpaired) electrons. The van der Waals surface area contributed by atoms with Gasteiger partial charge in [0.05, 0.1) is 10.6 Å². The summed E-state index contributed by atoms with van der Waals surface area (Å²) in [6.07, 6.45) is 1.71. The van der Waals surface area contributed by atoms with E-state index in [0.29, 0.717) is 19.9 Å². The second kappa shape index (κ2) is 6.20. The number of carbonyl (C=O) groups is 1. The van der Waals surface area contributed by atoms with Gasteiger partial charge < -0.3 is 0 Å². The molecule has 2 nitrogen and oxygen atoms in total. The molecule has 2 aromatic carbocycles. The lowest BCUT2D eigenvalue weighted by Crippen LogP contribution is -2.27. The van der Waals surface area contributed by atoms with Crippen LogP contribution >= 0.6 is 35.6 Å². The minimum atomic E-state index is -0.360. The Balaban J connectivity index is 1.95. The monoisotopic (exact) mass is 349 g/mol. The molecular weight excluding hydrogens is 341 g/mol. The van der Waals surface area contributed by atoms with Gasteiger partial charge in [0.2, 0.25) is 0 Å².